The first-order valence-electron chi connectivity index (χ1n) is 6.34. The van der Waals surface area contributed by atoms with E-state index in [1.807, 2.05) is 30.3 Å². The topological polar surface area (TPSA) is 58.2 Å². The number of hydrogen-bond donors (Lipinski definition) is 2. The SMILES string of the molecule is CC(=O)Nc1ccc(C(=O)NCCc2ccccc2)s1. The molecule has 0 unspecified atom stereocenters. The number of thiophene rings is 1. The van der Waals surface area contributed by atoms with Gasteiger partial charge in [0.05, 0.1) is 9.88 Å². The average molecular weight is 288 g/mol. The molecule has 4 nitrogen and oxygen atoms in total. The molecule has 2 aromatic rings. The summed E-state index contributed by atoms with van der Waals surface area (Å²) >= 11 is 1.27. The molecule has 2 N–H and O–H groups in total. The summed E-state index contributed by atoms with van der Waals surface area (Å²) in [7, 11) is 0. The third-order valence-electron chi connectivity index (χ3n) is 2.67. The van der Waals surface area contributed by atoms with E-state index in [2.05, 4.69) is 10.6 Å². The lowest BCUT2D eigenvalue weighted by Gasteiger charge is -2.03. The van der Waals surface area contributed by atoms with Crippen LogP contribution in [0.5, 0.6) is 0 Å². The Bertz CT molecular complexity index is 593. The second-order valence-corrected chi connectivity index (χ2v) is 5.42. The lowest BCUT2D eigenvalue weighted by molar-refractivity contribution is -0.114. The smallest absolute Gasteiger partial charge is 0.261 e. The summed E-state index contributed by atoms with van der Waals surface area (Å²) in [6.45, 7) is 2.04. The normalized spacial score (nSPS) is 10.1. The maximum Gasteiger partial charge on any atom is 0.261 e. The fraction of sp³-hybridized carbons (Fsp3) is 0.200. The first kappa shape index (κ1) is 14.3. The zero-order chi connectivity index (χ0) is 14.4. The molecule has 0 bridgehead atoms. The molecule has 1 heterocycles. The molecule has 5 heteroatoms. The molecule has 2 amide bonds. The van der Waals surface area contributed by atoms with Crippen molar-refractivity contribution in [1.82, 2.24) is 5.32 Å². The third kappa shape index (κ3) is 4.20. The molecule has 104 valence electrons. The predicted molar refractivity (Wildman–Crippen MR) is 81.1 cm³/mol. The highest BCUT2D eigenvalue weighted by molar-refractivity contribution is 7.18. The Morgan fingerprint density at radius 2 is 1.85 bits per heavy atom. The van der Waals surface area contributed by atoms with E-state index in [0.717, 1.165) is 6.42 Å². The molecule has 0 spiro atoms. The molecule has 20 heavy (non-hydrogen) atoms. The second kappa shape index (κ2) is 6.86. The van der Waals surface area contributed by atoms with Gasteiger partial charge in [-0.05, 0) is 24.1 Å². The van der Waals surface area contributed by atoms with E-state index in [9.17, 15) is 9.59 Å². The highest BCUT2D eigenvalue weighted by Gasteiger charge is 2.09. The van der Waals surface area contributed by atoms with Gasteiger partial charge in [0.1, 0.15) is 0 Å². The van der Waals surface area contributed by atoms with Gasteiger partial charge in [0.15, 0.2) is 0 Å². The number of carbonyl (C=O) groups excluding carboxylic acids is 2. The van der Waals surface area contributed by atoms with Gasteiger partial charge in [0.25, 0.3) is 5.91 Å². The Labute approximate surface area is 121 Å². The van der Waals surface area contributed by atoms with Gasteiger partial charge in [-0.15, -0.1) is 11.3 Å². The monoisotopic (exact) mass is 288 g/mol. The molecule has 2 rings (SSSR count). The Morgan fingerprint density at radius 3 is 2.55 bits per heavy atom. The van der Waals surface area contributed by atoms with E-state index < -0.39 is 0 Å². The third-order valence-corrected chi connectivity index (χ3v) is 3.67. The number of nitrogens with one attached hydrogen (secondary N) is 2. The molecule has 0 saturated carbocycles. The second-order valence-electron chi connectivity index (χ2n) is 4.34. The van der Waals surface area contributed by atoms with Crippen LogP contribution in [0.15, 0.2) is 42.5 Å². The van der Waals surface area contributed by atoms with Crippen LogP contribution >= 0.6 is 11.3 Å². The average Bonchev–Trinajstić information content (AvgIpc) is 2.87. The maximum absolute atomic E-state index is 11.9. The van der Waals surface area contributed by atoms with Gasteiger partial charge in [-0.1, -0.05) is 30.3 Å². The summed E-state index contributed by atoms with van der Waals surface area (Å²) in [5.41, 5.74) is 1.19. The first-order valence-corrected chi connectivity index (χ1v) is 7.16. The number of rotatable bonds is 5. The Kier molecular flexibility index (Phi) is 4.90. The van der Waals surface area contributed by atoms with Crippen molar-refractivity contribution in [1.29, 1.82) is 0 Å². The minimum absolute atomic E-state index is 0.109. The standard InChI is InChI=1S/C15H16N2O2S/c1-11(18)17-14-8-7-13(20-14)15(19)16-10-9-12-5-3-2-4-6-12/h2-8H,9-10H2,1H3,(H,16,19)(H,17,18). The maximum atomic E-state index is 11.9. The molecule has 0 aliphatic carbocycles. The van der Waals surface area contributed by atoms with Crippen molar-refractivity contribution in [3.63, 3.8) is 0 Å². The van der Waals surface area contributed by atoms with Crippen LogP contribution in [0.25, 0.3) is 0 Å². The van der Waals surface area contributed by atoms with Gasteiger partial charge in [-0.25, -0.2) is 0 Å². The van der Waals surface area contributed by atoms with Crippen LogP contribution in [0.4, 0.5) is 5.00 Å². The van der Waals surface area contributed by atoms with Crippen LogP contribution in [0.1, 0.15) is 22.2 Å². The summed E-state index contributed by atoms with van der Waals surface area (Å²) in [6.07, 6.45) is 0.802. The Hall–Kier alpha value is -2.14. The van der Waals surface area contributed by atoms with Crippen molar-refractivity contribution in [3.05, 3.63) is 52.9 Å². The molecular weight excluding hydrogens is 272 g/mol. The molecular formula is C15H16N2O2S. The largest absolute Gasteiger partial charge is 0.351 e. The van der Waals surface area contributed by atoms with Gasteiger partial charge >= 0.3 is 0 Å². The molecule has 0 atom stereocenters. The number of amides is 2. The number of hydrogen-bond acceptors (Lipinski definition) is 3. The van der Waals surface area contributed by atoms with Crippen molar-refractivity contribution in [2.75, 3.05) is 11.9 Å². The summed E-state index contributed by atoms with van der Waals surface area (Å²) in [4.78, 5) is 23.4. The molecule has 0 saturated heterocycles. The zero-order valence-electron chi connectivity index (χ0n) is 11.2. The van der Waals surface area contributed by atoms with Crippen LogP contribution in [0, 0.1) is 0 Å². The summed E-state index contributed by atoms with van der Waals surface area (Å²) in [5, 5.41) is 6.22. The number of benzene rings is 1. The van der Waals surface area contributed by atoms with Crippen LogP contribution < -0.4 is 10.6 Å². The van der Waals surface area contributed by atoms with E-state index in [1.54, 1.807) is 12.1 Å². The Morgan fingerprint density at radius 1 is 1.10 bits per heavy atom. The summed E-state index contributed by atoms with van der Waals surface area (Å²) < 4.78 is 0. The van der Waals surface area contributed by atoms with Crippen LogP contribution in [0.3, 0.4) is 0 Å². The lowest BCUT2D eigenvalue weighted by Crippen LogP contribution is -2.24. The van der Waals surface area contributed by atoms with E-state index in [-0.39, 0.29) is 11.8 Å². The lowest BCUT2D eigenvalue weighted by atomic mass is 10.1. The molecule has 0 aliphatic heterocycles. The molecule has 1 aromatic heterocycles. The van der Waals surface area contributed by atoms with Crippen molar-refractivity contribution in [3.8, 4) is 0 Å². The number of carbonyl (C=O) groups is 2. The first-order chi connectivity index (χ1) is 9.65. The quantitative estimate of drug-likeness (QED) is 0.888. The zero-order valence-corrected chi connectivity index (χ0v) is 12.0. The van der Waals surface area contributed by atoms with Gasteiger partial charge in [-0.2, -0.15) is 0 Å². The van der Waals surface area contributed by atoms with E-state index >= 15 is 0 Å². The molecule has 0 fully saturated rings. The van der Waals surface area contributed by atoms with Crippen molar-refractivity contribution >= 4 is 28.2 Å². The van der Waals surface area contributed by atoms with Gasteiger partial charge < -0.3 is 10.6 Å². The van der Waals surface area contributed by atoms with E-state index in [4.69, 9.17) is 0 Å². The molecule has 0 radical (unpaired) electrons. The minimum atomic E-state index is -0.136. The number of anilines is 1. The predicted octanol–water partition coefficient (Wildman–Crippen LogP) is 2.68. The fourth-order valence-electron chi connectivity index (χ4n) is 1.75. The van der Waals surface area contributed by atoms with Gasteiger partial charge in [0.2, 0.25) is 5.91 Å². The summed E-state index contributed by atoms with van der Waals surface area (Å²) in [5.74, 6) is -0.245. The van der Waals surface area contributed by atoms with Crippen molar-refractivity contribution < 1.29 is 9.59 Å². The minimum Gasteiger partial charge on any atom is -0.351 e. The highest BCUT2D eigenvalue weighted by atomic mass is 32.1. The van der Waals surface area contributed by atoms with Crippen LogP contribution in [0.2, 0.25) is 0 Å². The van der Waals surface area contributed by atoms with Crippen LogP contribution in [-0.4, -0.2) is 18.4 Å². The summed E-state index contributed by atoms with van der Waals surface area (Å²) in [6, 6.07) is 13.5. The highest BCUT2D eigenvalue weighted by Crippen LogP contribution is 2.21. The molecule has 1 aromatic carbocycles. The Balaban J connectivity index is 1.83. The van der Waals surface area contributed by atoms with Crippen LogP contribution in [-0.2, 0) is 11.2 Å². The van der Waals surface area contributed by atoms with Crippen molar-refractivity contribution in [2.45, 2.75) is 13.3 Å². The van der Waals surface area contributed by atoms with Gasteiger partial charge in [-0.3, -0.25) is 9.59 Å². The molecule has 0 aliphatic rings. The van der Waals surface area contributed by atoms with E-state index in [1.165, 1.54) is 23.8 Å². The fourth-order valence-corrected chi connectivity index (χ4v) is 2.62. The van der Waals surface area contributed by atoms with E-state index in [0.29, 0.717) is 16.4 Å². The van der Waals surface area contributed by atoms with Crippen molar-refractivity contribution in [2.24, 2.45) is 0 Å². The van der Waals surface area contributed by atoms with Gasteiger partial charge in [0, 0.05) is 13.5 Å².